The van der Waals surface area contributed by atoms with Crippen LogP contribution in [-0.2, 0) is 6.54 Å². The van der Waals surface area contributed by atoms with E-state index in [2.05, 4.69) is 11.0 Å². The quantitative estimate of drug-likeness (QED) is 0.765. The topological polar surface area (TPSA) is 36.3 Å². The highest BCUT2D eigenvalue weighted by Crippen LogP contribution is 2.25. The number of nitriles is 1. The molecule has 1 aromatic carbocycles. The largest absolute Gasteiger partial charge is 0.494 e. The predicted molar refractivity (Wildman–Crippen MR) is 71.2 cm³/mol. The molecule has 0 aliphatic heterocycles. The summed E-state index contributed by atoms with van der Waals surface area (Å²) in [6.45, 7) is 1.03. The van der Waals surface area contributed by atoms with Crippen LogP contribution in [0.5, 0.6) is 5.75 Å². The molecule has 19 heavy (non-hydrogen) atoms. The van der Waals surface area contributed by atoms with E-state index in [0.717, 1.165) is 18.4 Å². The molecule has 1 aliphatic carbocycles. The van der Waals surface area contributed by atoms with E-state index in [-0.39, 0.29) is 11.6 Å². The Morgan fingerprint density at radius 2 is 2.16 bits per heavy atom. The molecule has 1 aliphatic rings. The van der Waals surface area contributed by atoms with Crippen LogP contribution in [0.2, 0.25) is 0 Å². The van der Waals surface area contributed by atoms with Crippen molar-refractivity contribution in [3.63, 3.8) is 0 Å². The van der Waals surface area contributed by atoms with Gasteiger partial charge in [-0.1, -0.05) is 18.9 Å². The fourth-order valence-corrected chi connectivity index (χ4v) is 2.72. The second kappa shape index (κ2) is 6.53. The Morgan fingerprint density at radius 1 is 1.42 bits per heavy atom. The van der Waals surface area contributed by atoms with E-state index in [1.54, 1.807) is 6.07 Å². The highest BCUT2D eigenvalue weighted by molar-refractivity contribution is 5.29. The zero-order valence-corrected chi connectivity index (χ0v) is 11.2. The van der Waals surface area contributed by atoms with Crippen molar-refractivity contribution in [2.24, 2.45) is 0 Å². The van der Waals surface area contributed by atoms with Crippen LogP contribution in [0.3, 0.4) is 0 Å². The van der Waals surface area contributed by atoms with Crippen LogP contribution < -0.4 is 4.74 Å². The molecule has 3 nitrogen and oxygen atoms in total. The standard InChI is InChI=1S/C15H19FN2O/c1-19-15-7-6-12(10-14(15)16)11-18(9-8-17)13-4-2-3-5-13/h6-7,10,13H,2-5,9,11H2,1H3. The minimum atomic E-state index is -0.344. The summed E-state index contributed by atoms with van der Waals surface area (Å²) < 4.78 is 18.6. The Labute approximate surface area is 113 Å². The summed E-state index contributed by atoms with van der Waals surface area (Å²) in [7, 11) is 1.46. The maximum atomic E-state index is 13.7. The van der Waals surface area contributed by atoms with Crippen LogP contribution in [-0.4, -0.2) is 24.6 Å². The van der Waals surface area contributed by atoms with E-state index >= 15 is 0 Å². The molecule has 0 atom stereocenters. The minimum Gasteiger partial charge on any atom is -0.494 e. The van der Waals surface area contributed by atoms with Crippen molar-refractivity contribution < 1.29 is 9.13 Å². The average Bonchev–Trinajstić information content (AvgIpc) is 2.92. The van der Waals surface area contributed by atoms with Gasteiger partial charge in [0.2, 0.25) is 0 Å². The van der Waals surface area contributed by atoms with Gasteiger partial charge in [0.25, 0.3) is 0 Å². The Balaban J connectivity index is 2.08. The van der Waals surface area contributed by atoms with Crippen LogP contribution in [0.25, 0.3) is 0 Å². The lowest BCUT2D eigenvalue weighted by Gasteiger charge is -2.26. The molecule has 4 heteroatoms. The van der Waals surface area contributed by atoms with Gasteiger partial charge in [-0.05, 0) is 30.5 Å². The number of methoxy groups -OCH3 is 1. The molecule has 0 saturated heterocycles. The van der Waals surface area contributed by atoms with Crippen molar-refractivity contribution in [2.75, 3.05) is 13.7 Å². The molecule has 0 amide bonds. The highest BCUT2D eigenvalue weighted by atomic mass is 19.1. The summed E-state index contributed by atoms with van der Waals surface area (Å²) in [4.78, 5) is 2.15. The summed E-state index contributed by atoms with van der Waals surface area (Å²) >= 11 is 0. The summed E-state index contributed by atoms with van der Waals surface area (Å²) in [5.41, 5.74) is 0.889. The number of ether oxygens (including phenoxy) is 1. The average molecular weight is 262 g/mol. The summed E-state index contributed by atoms with van der Waals surface area (Å²) in [5.74, 6) is -0.0835. The zero-order valence-electron chi connectivity index (χ0n) is 11.2. The Morgan fingerprint density at radius 3 is 2.74 bits per heavy atom. The first-order valence-electron chi connectivity index (χ1n) is 6.68. The molecule has 102 valence electrons. The van der Waals surface area contributed by atoms with E-state index in [1.165, 1.54) is 26.0 Å². The minimum absolute atomic E-state index is 0.261. The van der Waals surface area contributed by atoms with E-state index < -0.39 is 0 Å². The van der Waals surface area contributed by atoms with Gasteiger partial charge in [-0.2, -0.15) is 5.26 Å². The van der Waals surface area contributed by atoms with Gasteiger partial charge in [0.1, 0.15) is 0 Å². The van der Waals surface area contributed by atoms with Crippen molar-refractivity contribution in [1.82, 2.24) is 4.90 Å². The first-order chi connectivity index (χ1) is 9.24. The van der Waals surface area contributed by atoms with Crippen molar-refractivity contribution in [3.05, 3.63) is 29.6 Å². The third-order valence-corrected chi connectivity index (χ3v) is 3.72. The molecule has 0 aromatic heterocycles. The lowest BCUT2D eigenvalue weighted by molar-refractivity contribution is 0.214. The van der Waals surface area contributed by atoms with Crippen LogP contribution in [0, 0.1) is 17.1 Å². The number of benzene rings is 1. The molecule has 2 rings (SSSR count). The molecule has 0 unspecified atom stereocenters. The summed E-state index contributed by atoms with van der Waals surface area (Å²) in [5, 5.41) is 8.93. The SMILES string of the molecule is COc1ccc(CN(CC#N)C2CCCC2)cc1F. The van der Waals surface area contributed by atoms with Gasteiger partial charge in [0.05, 0.1) is 19.7 Å². The smallest absolute Gasteiger partial charge is 0.165 e. The summed E-state index contributed by atoms with van der Waals surface area (Å²) in [6.07, 6.45) is 4.73. The maximum absolute atomic E-state index is 13.7. The van der Waals surface area contributed by atoms with Gasteiger partial charge in [-0.15, -0.1) is 0 Å². The lowest BCUT2D eigenvalue weighted by Crippen LogP contribution is -2.33. The zero-order chi connectivity index (χ0) is 13.7. The van der Waals surface area contributed by atoms with Crippen molar-refractivity contribution in [2.45, 2.75) is 38.3 Å². The van der Waals surface area contributed by atoms with Crippen LogP contribution in [0.4, 0.5) is 4.39 Å². The molecule has 1 fully saturated rings. The number of rotatable bonds is 5. The van der Waals surface area contributed by atoms with Gasteiger partial charge in [0, 0.05) is 12.6 Å². The van der Waals surface area contributed by atoms with E-state index in [9.17, 15) is 4.39 Å². The van der Waals surface area contributed by atoms with Gasteiger partial charge in [-0.25, -0.2) is 4.39 Å². The first-order valence-corrected chi connectivity index (χ1v) is 6.68. The third kappa shape index (κ3) is 3.45. The molecular weight excluding hydrogens is 243 g/mol. The first kappa shape index (κ1) is 13.8. The summed E-state index contributed by atoms with van der Waals surface area (Å²) in [6, 6.07) is 7.68. The molecule has 0 radical (unpaired) electrons. The molecule has 0 heterocycles. The van der Waals surface area contributed by atoms with E-state index in [0.29, 0.717) is 19.1 Å². The monoisotopic (exact) mass is 262 g/mol. The fraction of sp³-hybridized carbons (Fsp3) is 0.533. The molecule has 0 bridgehead atoms. The Kier molecular flexibility index (Phi) is 4.75. The second-order valence-electron chi connectivity index (χ2n) is 4.97. The van der Waals surface area contributed by atoms with Crippen LogP contribution in [0.1, 0.15) is 31.2 Å². The highest BCUT2D eigenvalue weighted by Gasteiger charge is 2.22. The van der Waals surface area contributed by atoms with Crippen molar-refractivity contribution >= 4 is 0 Å². The van der Waals surface area contributed by atoms with Gasteiger partial charge in [0.15, 0.2) is 11.6 Å². The number of halogens is 1. The van der Waals surface area contributed by atoms with Crippen molar-refractivity contribution in [1.29, 1.82) is 5.26 Å². The maximum Gasteiger partial charge on any atom is 0.165 e. The van der Waals surface area contributed by atoms with Crippen molar-refractivity contribution in [3.8, 4) is 11.8 Å². The number of hydrogen-bond acceptors (Lipinski definition) is 3. The Bertz CT molecular complexity index is 464. The second-order valence-corrected chi connectivity index (χ2v) is 4.97. The Hall–Kier alpha value is -1.60. The molecule has 1 aromatic rings. The number of nitrogens with zero attached hydrogens (tertiary/aromatic N) is 2. The van der Waals surface area contributed by atoms with Gasteiger partial charge in [-0.3, -0.25) is 4.90 Å². The van der Waals surface area contributed by atoms with Crippen LogP contribution in [0.15, 0.2) is 18.2 Å². The van der Waals surface area contributed by atoms with Gasteiger partial charge >= 0.3 is 0 Å². The van der Waals surface area contributed by atoms with E-state index in [1.807, 2.05) is 6.07 Å². The lowest BCUT2D eigenvalue weighted by atomic mass is 10.1. The molecule has 1 saturated carbocycles. The third-order valence-electron chi connectivity index (χ3n) is 3.72. The normalized spacial score (nSPS) is 15.7. The van der Waals surface area contributed by atoms with Gasteiger partial charge < -0.3 is 4.74 Å². The van der Waals surface area contributed by atoms with E-state index in [4.69, 9.17) is 10.00 Å². The molecule has 0 spiro atoms. The molecular formula is C15H19FN2O. The molecule has 0 N–H and O–H groups in total. The number of hydrogen-bond donors (Lipinski definition) is 0. The fourth-order valence-electron chi connectivity index (χ4n) is 2.72. The van der Waals surface area contributed by atoms with Crippen LogP contribution >= 0.6 is 0 Å². The predicted octanol–water partition coefficient (Wildman–Crippen LogP) is 3.10.